The molecule has 0 atom stereocenters. The topological polar surface area (TPSA) is 99.3 Å². The van der Waals surface area contributed by atoms with Crippen molar-refractivity contribution in [2.24, 2.45) is 0 Å². The number of anilines is 1. The van der Waals surface area contributed by atoms with Crippen molar-refractivity contribution >= 4 is 44.9 Å². The van der Waals surface area contributed by atoms with Crippen LogP contribution in [0.3, 0.4) is 0 Å². The first-order chi connectivity index (χ1) is 14.5. The number of aromatic nitrogens is 2. The molecule has 156 valence electrons. The van der Waals surface area contributed by atoms with Crippen molar-refractivity contribution in [2.75, 3.05) is 31.1 Å². The van der Waals surface area contributed by atoms with E-state index in [0.29, 0.717) is 59.5 Å². The van der Waals surface area contributed by atoms with Gasteiger partial charge in [-0.3, -0.25) is 4.79 Å². The summed E-state index contributed by atoms with van der Waals surface area (Å²) in [6, 6.07) is 9.07. The lowest BCUT2D eigenvalue weighted by molar-refractivity contribution is -0.825. The number of quaternary nitrogens is 1. The Bertz CT molecular complexity index is 1080. The van der Waals surface area contributed by atoms with E-state index in [0.717, 1.165) is 15.8 Å². The van der Waals surface area contributed by atoms with E-state index in [1.165, 1.54) is 0 Å². The van der Waals surface area contributed by atoms with Crippen molar-refractivity contribution < 1.29 is 20.0 Å². The summed E-state index contributed by atoms with van der Waals surface area (Å²) in [6.45, 7) is 4.06. The quantitative estimate of drug-likeness (QED) is 0.542. The lowest BCUT2D eigenvalue weighted by Crippen LogP contribution is -2.73. The van der Waals surface area contributed by atoms with E-state index in [9.17, 15) is 4.79 Å². The molecule has 1 aliphatic heterocycles. The third kappa shape index (κ3) is 3.93. The van der Waals surface area contributed by atoms with E-state index in [4.69, 9.17) is 21.3 Å². The molecule has 30 heavy (non-hydrogen) atoms. The molecule has 0 unspecified atom stereocenters. The molecule has 1 saturated heterocycles. The molecule has 2 aromatic heterocycles. The van der Waals surface area contributed by atoms with Crippen LogP contribution >= 0.6 is 27.5 Å². The van der Waals surface area contributed by atoms with E-state index in [-0.39, 0.29) is 5.91 Å². The standard InChI is InChI=1S/C20H19BrClN5O3/c1-12-17(18(25-30-12)14-4-2-3-5-16(14)22)20(28)27-8-6-26(7-9-27)19-15(21)10-13(24-29)11-23-19/h2-5,10-11,24,29H,6-9H2,1H3/p+1. The third-order valence-electron chi connectivity index (χ3n) is 5.06. The highest BCUT2D eigenvalue weighted by Crippen LogP contribution is 2.32. The molecule has 8 nitrogen and oxygen atoms in total. The molecule has 0 radical (unpaired) electrons. The summed E-state index contributed by atoms with van der Waals surface area (Å²) in [7, 11) is 0. The van der Waals surface area contributed by atoms with Crippen LogP contribution in [0.15, 0.2) is 45.5 Å². The van der Waals surface area contributed by atoms with Gasteiger partial charge in [0.2, 0.25) is 0 Å². The molecular weight excluding hydrogens is 474 g/mol. The number of piperazine rings is 1. The van der Waals surface area contributed by atoms with Gasteiger partial charge in [-0.25, -0.2) is 10.2 Å². The van der Waals surface area contributed by atoms with Gasteiger partial charge in [0.25, 0.3) is 5.91 Å². The van der Waals surface area contributed by atoms with Crippen LogP contribution in [-0.4, -0.2) is 52.3 Å². The molecule has 3 aromatic rings. The number of rotatable bonds is 4. The molecule has 0 aliphatic carbocycles. The summed E-state index contributed by atoms with van der Waals surface area (Å²) in [5, 5.41) is 13.7. The van der Waals surface area contributed by atoms with Gasteiger partial charge >= 0.3 is 0 Å². The Hall–Kier alpha value is -2.46. The second-order valence-corrected chi connectivity index (χ2v) is 8.19. The smallest absolute Gasteiger partial charge is 0.259 e. The number of carbonyl (C=O) groups excluding carboxylic acids is 1. The summed E-state index contributed by atoms with van der Waals surface area (Å²) in [5.74, 6) is 1.13. The fraction of sp³-hybridized carbons (Fsp3) is 0.250. The normalized spacial score (nSPS) is 14.3. The molecule has 1 amide bonds. The van der Waals surface area contributed by atoms with E-state index in [1.807, 2.05) is 18.2 Å². The molecule has 1 aromatic carbocycles. The average molecular weight is 494 g/mol. The molecule has 0 spiro atoms. The predicted molar refractivity (Wildman–Crippen MR) is 115 cm³/mol. The van der Waals surface area contributed by atoms with Crippen LogP contribution in [0.5, 0.6) is 0 Å². The molecule has 0 saturated carbocycles. The number of benzene rings is 1. The number of amides is 1. The van der Waals surface area contributed by atoms with Gasteiger partial charge < -0.3 is 14.3 Å². The van der Waals surface area contributed by atoms with Crippen LogP contribution in [-0.2, 0) is 0 Å². The van der Waals surface area contributed by atoms with Crippen LogP contribution in [0.1, 0.15) is 16.1 Å². The Morgan fingerprint density at radius 3 is 2.67 bits per heavy atom. The van der Waals surface area contributed by atoms with Crippen LogP contribution in [0.25, 0.3) is 11.3 Å². The number of hydrogen-bond donors (Lipinski definition) is 2. The Labute approximate surface area is 186 Å². The number of hydrogen-bond acceptors (Lipinski definition) is 6. The highest BCUT2D eigenvalue weighted by atomic mass is 79.9. The van der Waals surface area contributed by atoms with Gasteiger partial charge in [-0.05, 0) is 28.9 Å². The second kappa shape index (κ2) is 8.73. The second-order valence-electron chi connectivity index (χ2n) is 6.92. The number of aryl methyl sites for hydroxylation is 1. The molecule has 4 rings (SSSR count). The summed E-state index contributed by atoms with van der Waals surface area (Å²) >= 11 is 9.81. The van der Waals surface area contributed by atoms with Crippen LogP contribution in [0, 0.1) is 6.92 Å². The lowest BCUT2D eigenvalue weighted by atomic mass is 10.0. The Morgan fingerprint density at radius 2 is 2.00 bits per heavy atom. The molecule has 1 aliphatic rings. The number of nitrogens with two attached hydrogens (primary N) is 1. The summed E-state index contributed by atoms with van der Waals surface area (Å²) in [6.07, 6.45) is 1.61. The summed E-state index contributed by atoms with van der Waals surface area (Å²) < 4.78 is 6.13. The first-order valence-corrected chi connectivity index (χ1v) is 10.5. The van der Waals surface area contributed by atoms with Gasteiger partial charge in [0.15, 0.2) is 5.69 Å². The summed E-state index contributed by atoms with van der Waals surface area (Å²) in [4.78, 5) is 21.6. The van der Waals surface area contributed by atoms with Crippen molar-refractivity contribution in [3.63, 3.8) is 0 Å². The molecular formula is C20H20BrClN5O3+. The minimum Gasteiger partial charge on any atom is -0.360 e. The Morgan fingerprint density at radius 1 is 1.27 bits per heavy atom. The van der Waals surface area contributed by atoms with Crippen LogP contribution < -0.4 is 10.4 Å². The maximum absolute atomic E-state index is 13.3. The van der Waals surface area contributed by atoms with E-state index < -0.39 is 0 Å². The maximum atomic E-state index is 13.3. The van der Waals surface area contributed by atoms with Crippen molar-refractivity contribution in [1.29, 1.82) is 0 Å². The minimum absolute atomic E-state index is 0.124. The van der Waals surface area contributed by atoms with Gasteiger partial charge in [-0.2, -0.15) is 5.48 Å². The SMILES string of the molecule is Cc1onc(-c2ccccc2Cl)c1C(=O)N1CCN(c2ncc([NH2+]O)cc2Br)CC1. The Kier molecular flexibility index (Phi) is 6.05. The van der Waals surface area contributed by atoms with Gasteiger partial charge in [0.05, 0.1) is 15.7 Å². The van der Waals surface area contributed by atoms with E-state index in [1.54, 1.807) is 30.2 Å². The van der Waals surface area contributed by atoms with Crippen molar-refractivity contribution in [3.8, 4) is 11.3 Å². The monoisotopic (exact) mass is 492 g/mol. The Balaban J connectivity index is 1.52. The fourth-order valence-electron chi connectivity index (χ4n) is 3.49. The fourth-order valence-corrected chi connectivity index (χ4v) is 4.33. The zero-order valence-corrected chi connectivity index (χ0v) is 18.5. The van der Waals surface area contributed by atoms with Gasteiger partial charge in [0, 0.05) is 37.8 Å². The molecule has 3 heterocycles. The highest BCUT2D eigenvalue weighted by molar-refractivity contribution is 9.10. The van der Waals surface area contributed by atoms with Gasteiger partial charge in [-0.15, -0.1) is 0 Å². The summed E-state index contributed by atoms with van der Waals surface area (Å²) in [5.41, 5.74) is 3.21. The third-order valence-corrected chi connectivity index (χ3v) is 5.98. The molecule has 3 N–H and O–H groups in total. The average Bonchev–Trinajstić information content (AvgIpc) is 3.14. The van der Waals surface area contributed by atoms with Crippen molar-refractivity contribution in [3.05, 3.63) is 57.3 Å². The number of halogens is 2. The van der Waals surface area contributed by atoms with Crippen LogP contribution in [0.2, 0.25) is 5.02 Å². The van der Waals surface area contributed by atoms with Crippen LogP contribution in [0.4, 0.5) is 11.5 Å². The minimum atomic E-state index is -0.124. The molecule has 10 heteroatoms. The van der Waals surface area contributed by atoms with Crippen molar-refractivity contribution in [2.45, 2.75) is 6.92 Å². The first-order valence-electron chi connectivity index (χ1n) is 9.38. The van der Waals surface area contributed by atoms with E-state index in [2.05, 4.69) is 31.0 Å². The number of carbonyl (C=O) groups is 1. The van der Waals surface area contributed by atoms with E-state index >= 15 is 0 Å². The first kappa shape index (κ1) is 20.8. The zero-order chi connectivity index (χ0) is 21.3. The predicted octanol–water partition coefficient (Wildman–Crippen LogP) is 3.01. The molecule has 0 bridgehead atoms. The highest BCUT2D eigenvalue weighted by Gasteiger charge is 2.30. The van der Waals surface area contributed by atoms with Gasteiger partial charge in [-0.1, -0.05) is 35.0 Å². The number of nitrogens with zero attached hydrogens (tertiary/aromatic N) is 4. The lowest BCUT2D eigenvalue weighted by Gasteiger charge is -2.35. The van der Waals surface area contributed by atoms with Gasteiger partial charge in [0.1, 0.15) is 22.8 Å². The number of pyridine rings is 1. The zero-order valence-electron chi connectivity index (χ0n) is 16.2. The maximum Gasteiger partial charge on any atom is 0.259 e. The molecule has 1 fully saturated rings. The largest absolute Gasteiger partial charge is 0.360 e. The van der Waals surface area contributed by atoms with Crippen molar-refractivity contribution in [1.82, 2.24) is 15.0 Å².